The Morgan fingerprint density at radius 3 is 2.15 bits per heavy atom. The fraction of sp³-hybridized carbons (Fsp3) is 0.912. The van der Waals surface area contributed by atoms with Crippen molar-refractivity contribution in [1.82, 2.24) is 21.3 Å². The molecule has 5 fully saturated rings. The molecule has 20 nitrogen and oxygen atoms in total. The van der Waals surface area contributed by atoms with Crippen molar-refractivity contribution in [3.8, 4) is 0 Å². The van der Waals surface area contributed by atoms with Crippen LogP contribution in [0.1, 0.15) is 64.2 Å². The van der Waals surface area contributed by atoms with E-state index in [9.17, 15) is 39.9 Å². The number of hydrogen-bond acceptors (Lipinski definition) is 17. The molecule has 1 aliphatic carbocycles. The third-order valence-electron chi connectivity index (χ3n) is 11.2. The van der Waals surface area contributed by atoms with Crippen LogP contribution in [0.25, 0.3) is 0 Å². The van der Waals surface area contributed by atoms with E-state index in [-0.39, 0.29) is 55.7 Å². The molecule has 4 heterocycles. The number of rotatable bonds is 18. The van der Waals surface area contributed by atoms with E-state index in [0.717, 1.165) is 37.9 Å². The summed E-state index contributed by atoms with van der Waals surface area (Å²) in [4.78, 5) is 36.4. The minimum absolute atomic E-state index is 0.00724. The number of ether oxygens (including phenoxy) is 4. The van der Waals surface area contributed by atoms with Gasteiger partial charge >= 0.3 is 6.03 Å². The molecular formula is C34H62N8O12S. The molecule has 316 valence electrons. The van der Waals surface area contributed by atoms with Crippen LogP contribution < -0.4 is 44.2 Å². The van der Waals surface area contributed by atoms with Crippen LogP contribution in [-0.4, -0.2) is 172 Å². The summed E-state index contributed by atoms with van der Waals surface area (Å²) < 4.78 is 23.4. The molecule has 0 aromatic carbocycles. The highest BCUT2D eigenvalue weighted by Gasteiger charge is 2.50. The van der Waals surface area contributed by atoms with Crippen LogP contribution in [0.2, 0.25) is 0 Å². The summed E-state index contributed by atoms with van der Waals surface area (Å²) in [6, 6.07) is -3.30. The van der Waals surface area contributed by atoms with Crippen molar-refractivity contribution in [1.29, 1.82) is 0 Å². The van der Waals surface area contributed by atoms with Crippen LogP contribution in [-0.2, 0) is 28.5 Å². The van der Waals surface area contributed by atoms with Crippen molar-refractivity contribution < 1.29 is 58.9 Å². The molecule has 1 saturated carbocycles. The summed E-state index contributed by atoms with van der Waals surface area (Å²) in [5.74, 6) is 0.699. The number of amides is 4. The number of fused-ring (bicyclic) bond motifs is 1. The SMILES string of the molecule is NC1C[C@H](O)C(CNC(=O)CCCCCNC(=O)CCCC[C@@H]2SCC3NC(=O)NC32)O[C@@H]1O[C@H]1C(O)C(O[C@H]2OC(CO)[C@H](O)[C@H](N)C2O)[C@H](N)C[C@H]1N. The lowest BCUT2D eigenvalue weighted by Crippen LogP contribution is -2.68. The maximum Gasteiger partial charge on any atom is 0.315 e. The molecule has 0 spiro atoms. The number of aliphatic hydroxyl groups is 5. The topological polar surface area (TPSA) is 341 Å². The minimum Gasteiger partial charge on any atom is -0.394 e. The van der Waals surface area contributed by atoms with E-state index in [1.807, 2.05) is 11.8 Å². The highest BCUT2D eigenvalue weighted by atomic mass is 32.2. The zero-order valence-corrected chi connectivity index (χ0v) is 31.8. The lowest BCUT2D eigenvalue weighted by atomic mass is 9.84. The van der Waals surface area contributed by atoms with Crippen LogP contribution >= 0.6 is 11.8 Å². The first-order valence-corrected chi connectivity index (χ1v) is 20.5. The number of carbonyl (C=O) groups is 3. The number of hydrogen-bond donors (Lipinski definition) is 13. The standard InChI is InChI=1S/C34H62N8O12S/c35-15-10-16(36)31(54-33-28(48)25(38)27(47)21(13-43)52-33)29(49)30(15)53-32-17(37)11-19(44)20(51-32)12-40-24(46)7-2-1-5-9-39-23(45)8-4-3-6-22-26-18(14-55-22)41-34(50)42-26/h15-22,25-33,43-44,47-49H,1-14,35-38H2,(H,39,45)(H,40,46)(H2,41,42,50)/t15-,16-,17?,18?,19+,20?,21?,22+,25+,26?,27+,28?,29?,30-,31?,32-,33-/m1/s1. The van der Waals surface area contributed by atoms with Gasteiger partial charge in [0.25, 0.3) is 0 Å². The predicted molar refractivity (Wildman–Crippen MR) is 198 cm³/mol. The van der Waals surface area contributed by atoms with Gasteiger partial charge in [-0.05, 0) is 38.5 Å². The lowest BCUT2D eigenvalue weighted by Gasteiger charge is -2.47. The van der Waals surface area contributed by atoms with E-state index in [1.54, 1.807) is 0 Å². The average Bonchev–Trinajstić information content (AvgIpc) is 3.70. The first-order valence-electron chi connectivity index (χ1n) is 19.5. The van der Waals surface area contributed by atoms with E-state index >= 15 is 0 Å². The fourth-order valence-corrected chi connectivity index (χ4v) is 9.42. The summed E-state index contributed by atoms with van der Waals surface area (Å²) in [5.41, 5.74) is 24.7. The van der Waals surface area contributed by atoms with Gasteiger partial charge in [-0.3, -0.25) is 9.59 Å². The molecule has 5 rings (SSSR count). The van der Waals surface area contributed by atoms with Crippen LogP contribution in [0.4, 0.5) is 4.79 Å². The number of aliphatic hydroxyl groups excluding tert-OH is 5. The van der Waals surface area contributed by atoms with E-state index < -0.39 is 92.2 Å². The molecule has 5 aliphatic rings. The van der Waals surface area contributed by atoms with Crippen LogP contribution in [0.15, 0.2) is 0 Å². The molecule has 0 aromatic rings. The summed E-state index contributed by atoms with van der Waals surface area (Å²) >= 11 is 1.87. The van der Waals surface area contributed by atoms with Gasteiger partial charge in [0.1, 0.15) is 42.7 Å². The Balaban J connectivity index is 0.963. The van der Waals surface area contributed by atoms with E-state index in [0.29, 0.717) is 24.6 Å². The molecule has 17 atom stereocenters. The third kappa shape index (κ3) is 11.6. The predicted octanol–water partition coefficient (Wildman–Crippen LogP) is -4.74. The van der Waals surface area contributed by atoms with Crippen LogP contribution in [0.5, 0.6) is 0 Å². The zero-order valence-electron chi connectivity index (χ0n) is 31.0. The molecule has 0 bridgehead atoms. The second-order valence-corrected chi connectivity index (χ2v) is 16.7. The van der Waals surface area contributed by atoms with Crippen molar-refractivity contribution in [2.24, 2.45) is 22.9 Å². The molecule has 4 aliphatic heterocycles. The van der Waals surface area contributed by atoms with E-state index in [4.69, 9.17) is 41.9 Å². The Labute approximate surface area is 324 Å². The Hall–Kier alpha value is -1.96. The highest BCUT2D eigenvalue weighted by molar-refractivity contribution is 8.00. The molecule has 8 unspecified atom stereocenters. The number of carbonyl (C=O) groups excluding carboxylic acids is 3. The zero-order chi connectivity index (χ0) is 39.8. The molecular weight excluding hydrogens is 744 g/mol. The number of unbranched alkanes of at least 4 members (excludes halogenated alkanes) is 3. The van der Waals surface area contributed by atoms with Gasteiger partial charge in [-0.2, -0.15) is 11.8 Å². The van der Waals surface area contributed by atoms with Gasteiger partial charge in [-0.15, -0.1) is 0 Å². The maximum atomic E-state index is 12.6. The monoisotopic (exact) mass is 806 g/mol. The largest absolute Gasteiger partial charge is 0.394 e. The third-order valence-corrected chi connectivity index (χ3v) is 12.7. The van der Waals surface area contributed by atoms with E-state index in [2.05, 4.69) is 21.3 Å². The summed E-state index contributed by atoms with van der Waals surface area (Å²) in [6.45, 7) is -0.0740. The Morgan fingerprint density at radius 1 is 0.782 bits per heavy atom. The minimum atomic E-state index is -1.49. The molecule has 0 radical (unpaired) electrons. The Bertz CT molecular complexity index is 1260. The number of nitrogens with one attached hydrogen (secondary N) is 4. The molecule has 4 saturated heterocycles. The summed E-state index contributed by atoms with van der Waals surface area (Å²) in [6.07, 6.45) is -6.42. The second kappa shape index (κ2) is 20.6. The highest BCUT2D eigenvalue weighted by Crippen LogP contribution is 2.34. The number of nitrogens with two attached hydrogens (primary N) is 4. The van der Waals surface area contributed by atoms with Crippen molar-refractivity contribution in [3.05, 3.63) is 0 Å². The number of urea groups is 1. The van der Waals surface area contributed by atoms with Gasteiger partial charge in [-0.1, -0.05) is 12.8 Å². The fourth-order valence-electron chi connectivity index (χ4n) is 7.88. The van der Waals surface area contributed by atoms with Crippen molar-refractivity contribution in [3.63, 3.8) is 0 Å². The number of thioether (sulfide) groups is 1. The molecule has 17 N–H and O–H groups in total. The first kappa shape index (κ1) is 44.1. The molecule has 55 heavy (non-hydrogen) atoms. The van der Waals surface area contributed by atoms with Crippen LogP contribution in [0, 0.1) is 0 Å². The first-order chi connectivity index (χ1) is 26.3. The summed E-state index contributed by atoms with van der Waals surface area (Å²) in [7, 11) is 0. The van der Waals surface area contributed by atoms with Gasteiger partial charge < -0.3 is 88.7 Å². The van der Waals surface area contributed by atoms with Crippen LogP contribution in [0.3, 0.4) is 0 Å². The Morgan fingerprint density at radius 2 is 1.44 bits per heavy atom. The van der Waals surface area contributed by atoms with Gasteiger partial charge in [0.05, 0.1) is 36.9 Å². The molecule has 21 heteroatoms. The lowest BCUT2D eigenvalue weighted by molar-refractivity contribution is -0.315. The van der Waals surface area contributed by atoms with Gasteiger partial charge in [0.2, 0.25) is 11.8 Å². The maximum absolute atomic E-state index is 12.6. The van der Waals surface area contributed by atoms with Crippen molar-refractivity contribution >= 4 is 29.6 Å². The van der Waals surface area contributed by atoms with Crippen molar-refractivity contribution in [2.45, 2.75) is 167 Å². The normalized spacial score (nSPS) is 41.6. The van der Waals surface area contributed by atoms with E-state index in [1.165, 1.54) is 0 Å². The van der Waals surface area contributed by atoms with Gasteiger partial charge in [0.15, 0.2) is 12.6 Å². The summed E-state index contributed by atoms with van der Waals surface area (Å²) in [5, 5.41) is 64.3. The van der Waals surface area contributed by atoms with Crippen molar-refractivity contribution in [2.75, 3.05) is 25.4 Å². The second-order valence-electron chi connectivity index (χ2n) is 15.4. The van der Waals surface area contributed by atoms with Gasteiger partial charge in [0, 0.05) is 49.0 Å². The Kier molecular flexibility index (Phi) is 16.6. The average molecular weight is 807 g/mol. The molecule has 4 amide bonds. The molecule has 0 aromatic heterocycles. The van der Waals surface area contributed by atoms with Gasteiger partial charge in [-0.25, -0.2) is 4.79 Å². The smallest absolute Gasteiger partial charge is 0.315 e. The quantitative estimate of drug-likeness (QED) is 0.0457.